The summed E-state index contributed by atoms with van der Waals surface area (Å²) >= 11 is 0. The minimum atomic E-state index is -0.427. The Balaban J connectivity index is 1.84. The molecule has 0 fully saturated rings. The fourth-order valence-electron chi connectivity index (χ4n) is 3.44. The number of aromatic nitrogens is 1. The number of nitrogens with one attached hydrogen (secondary N) is 1. The van der Waals surface area contributed by atoms with Crippen molar-refractivity contribution >= 4 is 11.8 Å². The van der Waals surface area contributed by atoms with Gasteiger partial charge in [-0.05, 0) is 49.4 Å². The zero-order chi connectivity index (χ0) is 18.7. The van der Waals surface area contributed by atoms with Crippen molar-refractivity contribution in [2.24, 2.45) is 0 Å². The Labute approximate surface area is 153 Å². The Morgan fingerprint density at radius 1 is 1.27 bits per heavy atom. The van der Waals surface area contributed by atoms with Crippen LogP contribution in [-0.2, 0) is 11.2 Å². The fraction of sp³-hybridized carbons (Fsp3) is 0.333. The summed E-state index contributed by atoms with van der Waals surface area (Å²) in [7, 11) is 1.63. The number of aromatic amines is 1. The summed E-state index contributed by atoms with van der Waals surface area (Å²) in [4.78, 5) is 28.1. The largest absolute Gasteiger partial charge is 0.497 e. The smallest absolute Gasteiger partial charge is 0.355 e. The minimum Gasteiger partial charge on any atom is -0.497 e. The van der Waals surface area contributed by atoms with Crippen LogP contribution in [0.3, 0.4) is 0 Å². The molecule has 0 saturated carbocycles. The Morgan fingerprint density at radius 3 is 2.65 bits per heavy atom. The highest BCUT2D eigenvalue weighted by Gasteiger charge is 2.32. The number of benzene rings is 1. The maximum absolute atomic E-state index is 12.7. The van der Waals surface area contributed by atoms with E-state index in [9.17, 15) is 9.59 Å². The summed E-state index contributed by atoms with van der Waals surface area (Å²) in [5, 5.41) is 0. The highest BCUT2D eigenvalue weighted by atomic mass is 16.5. The van der Waals surface area contributed by atoms with Gasteiger partial charge in [0.15, 0.2) is 5.78 Å². The zero-order valence-electron chi connectivity index (χ0n) is 15.3. The first kappa shape index (κ1) is 18.0. The number of methoxy groups -OCH3 is 1. The van der Waals surface area contributed by atoms with Crippen molar-refractivity contribution in [2.45, 2.75) is 32.6 Å². The molecule has 1 N–H and O–H groups in total. The van der Waals surface area contributed by atoms with Crippen LogP contribution in [0.1, 0.15) is 56.9 Å². The number of ketones is 1. The summed E-state index contributed by atoms with van der Waals surface area (Å²) in [5.41, 5.74) is 3.62. The third kappa shape index (κ3) is 3.43. The van der Waals surface area contributed by atoms with E-state index < -0.39 is 5.97 Å². The van der Waals surface area contributed by atoms with Crippen molar-refractivity contribution in [3.05, 3.63) is 64.5 Å². The second kappa shape index (κ2) is 7.60. The Kier molecular flexibility index (Phi) is 5.26. The van der Waals surface area contributed by atoms with Gasteiger partial charge < -0.3 is 14.5 Å². The monoisotopic (exact) mass is 353 g/mol. The molecule has 0 bridgehead atoms. The average molecular weight is 353 g/mol. The molecule has 0 radical (unpaired) electrons. The molecule has 1 aromatic heterocycles. The number of Topliss-reactive ketones (excluding diaryl/α,β-unsaturated/α-hetero) is 1. The Hall–Kier alpha value is -2.82. The van der Waals surface area contributed by atoms with Crippen molar-refractivity contribution < 1.29 is 19.1 Å². The lowest BCUT2D eigenvalue weighted by Crippen LogP contribution is -2.18. The molecule has 1 heterocycles. The van der Waals surface area contributed by atoms with Gasteiger partial charge >= 0.3 is 5.97 Å². The van der Waals surface area contributed by atoms with Crippen LogP contribution in [0, 0.1) is 6.92 Å². The number of hydrogen-bond donors (Lipinski definition) is 1. The maximum atomic E-state index is 12.7. The molecular formula is C21H23NO4. The summed E-state index contributed by atoms with van der Waals surface area (Å²) in [5.74, 6) is 0.515. The van der Waals surface area contributed by atoms with E-state index in [0.29, 0.717) is 29.7 Å². The lowest BCUT2D eigenvalue weighted by Gasteiger charge is -2.22. The predicted molar refractivity (Wildman–Crippen MR) is 99.0 cm³/mol. The molecule has 0 saturated heterocycles. The normalized spacial score (nSPS) is 16.6. The van der Waals surface area contributed by atoms with E-state index in [2.05, 4.69) is 4.98 Å². The van der Waals surface area contributed by atoms with Gasteiger partial charge in [0, 0.05) is 17.7 Å². The van der Waals surface area contributed by atoms with Gasteiger partial charge in [0.25, 0.3) is 0 Å². The van der Waals surface area contributed by atoms with E-state index >= 15 is 0 Å². The highest BCUT2D eigenvalue weighted by Crippen LogP contribution is 2.35. The van der Waals surface area contributed by atoms with Crippen LogP contribution < -0.4 is 4.74 Å². The second-order valence-corrected chi connectivity index (χ2v) is 6.45. The lowest BCUT2D eigenvalue weighted by molar-refractivity contribution is 0.0542. The van der Waals surface area contributed by atoms with E-state index in [1.165, 1.54) is 0 Å². The number of carbonyl (C=O) groups is 2. The SMILES string of the molecule is C/C=C/COC(=O)c1[nH]c2c(c1C)C(=O)C[C@@H](c1ccc(OC)cc1)C2. The van der Waals surface area contributed by atoms with Crippen LogP contribution in [0.25, 0.3) is 0 Å². The quantitative estimate of drug-likeness (QED) is 0.652. The molecule has 5 heteroatoms. The van der Waals surface area contributed by atoms with Crippen LogP contribution in [-0.4, -0.2) is 30.5 Å². The number of hydrogen-bond acceptors (Lipinski definition) is 4. The molecule has 1 aliphatic carbocycles. The van der Waals surface area contributed by atoms with Gasteiger partial charge in [-0.15, -0.1) is 0 Å². The van der Waals surface area contributed by atoms with Crippen LogP contribution in [0.15, 0.2) is 36.4 Å². The van der Waals surface area contributed by atoms with Gasteiger partial charge in [-0.3, -0.25) is 4.79 Å². The molecule has 0 unspecified atom stereocenters. The van der Waals surface area contributed by atoms with Crippen LogP contribution in [0.2, 0.25) is 0 Å². The Bertz CT molecular complexity index is 846. The number of rotatable bonds is 5. The second-order valence-electron chi connectivity index (χ2n) is 6.45. The van der Waals surface area contributed by atoms with E-state index in [-0.39, 0.29) is 18.3 Å². The van der Waals surface area contributed by atoms with Crippen LogP contribution in [0.5, 0.6) is 5.75 Å². The number of fused-ring (bicyclic) bond motifs is 1. The molecule has 0 spiro atoms. The summed E-state index contributed by atoms with van der Waals surface area (Å²) in [6, 6.07) is 7.78. The molecule has 26 heavy (non-hydrogen) atoms. The number of H-pyrrole nitrogens is 1. The summed E-state index contributed by atoms with van der Waals surface area (Å²) in [6.07, 6.45) is 4.71. The van der Waals surface area contributed by atoms with Gasteiger partial charge in [-0.25, -0.2) is 4.79 Å². The van der Waals surface area contributed by atoms with Gasteiger partial charge in [0.2, 0.25) is 0 Å². The van der Waals surface area contributed by atoms with E-state index in [1.54, 1.807) is 20.1 Å². The predicted octanol–water partition coefficient (Wildman–Crippen LogP) is 3.98. The molecule has 1 aliphatic rings. The molecule has 0 aliphatic heterocycles. The standard InChI is InChI=1S/C21H23NO4/c1-4-5-10-26-21(24)20-13(2)19-17(22-20)11-15(12-18(19)23)14-6-8-16(25-3)9-7-14/h4-9,15,22H,10-12H2,1-3H3/b5-4+/t15-/m0/s1. The molecule has 0 amide bonds. The molecule has 136 valence electrons. The summed E-state index contributed by atoms with van der Waals surface area (Å²) < 4.78 is 10.4. The number of carbonyl (C=O) groups excluding carboxylic acids is 2. The molecule has 2 aromatic rings. The average Bonchev–Trinajstić information content (AvgIpc) is 2.99. The first-order valence-corrected chi connectivity index (χ1v) is 8.72. The van der Waals surface area contributed by atoms with E-state index in [4.69, 9.17) is 9.47 Å². The van der Waals surface area contributed by atoms with E-state index in [0.717, 1.165) is 17.0 Å². The van der Waals surface area contributed by atoms with Crippen molar-refractivity contribution in [3.8, 4) is 5.75 Å². The van der Waals surface area contributed by atoms with Gasteiger partial charge in [-0.1, -0.05) is 24.3 Å². The molecule has 1 aromatic carbocycles. The number of allylic oxidation sites excluding steroid dienone is 1. The topological polar surface area (TPSA) is 68.4 Å². The third-order valence-corrected chi connectivity index (χ3v) is 4.83. The molecular weight excluding hydrogens is 330 g/mol. The van der Waals surface area contributed by atoms with Crippen LogP contribution >= 0.6 is 0 Å². The third-order valence-electron chi connectivity index (χ3n) is 4.83. The van der Waals surface area contributed by atoms with Gasteiger partial charge in [-0.2, -0.15) is 0 Å². The number of esters is 1. The molecule has 3 rings (SSSR count). The molecule has 5 nitrogen and oxygen atoms in total. The fourth-order valence-corrected chi connectivity index (χ4v) is 3.44. The Morgan fingerprint density at radius 2 is 2.00 bits per heavy atom. The van der Waals surface area contributed by atoms with Crippen molar-refractivity contribution in [3.63, 3.8) is 0 Å². The zero-order valence-corrected chi connectivity index (χ0v) is 15.3. The first-order chi connectivity index (χ1) is 12.5. The summed E-state index contributed by atoms with van der Waals surface area (Å²) in [6.45, 7) is 3.89. The van der Waals surface area contributed by atoms with Gasteiger partial charge in [0.05, 0.1) is 7.11 Å². The van der Waals surface area contributed by atoms with Crippen molar-refractivity contribution in [1.82, 2.24) is 4.98 Å². The highest BCUT2D eigenvalue weighted by molar-refractivity contribution is 6.03. The lowest BCUT2D eigenvalue weighted by atomic mass is 9.81. The molecule has 1 atom stereocenters. The number of ether oxygens (including phenoxy) is 2. The van der Waals surface area contributed by atoms with Crippen LogP contribution in [0.4, 0.5) is 0 Å². The van der Waals surface area contributed by atoms with Crippen molar-refractivity contribution in [2.75, 3.05) is 13.7 Å². The van der Waals surface area contributed by atoms with Gasteiger partial charge in [0.1, 0.15) is 18.1 Å². The minimum absolute atomic E-state index is 0.0633. The first-order valence-electron chi connectivity index (χ1n) is 8.72. The van der Waals surface area contributed by atoms with E-state index in [1.807, 2.05) is 37.3 Å². The maximum Gasteiger partial charge on any atom is 0.355 e. The van der Waals surface area contributed by atoms with Crippen molar-refractivity contribution in [1.29, 1.82) is 0 Å².